The van der Waals surface area contributed by atoms with Gasteiger partial charge in [-0.15, -0.1) is 0 Å². The van der Waals surface area contributed by atoms with Crippen LogP contribution in [0.15, 0.2) is 48.9 Å². The zero-order chi connectivity index (χ0) is 14.9. The van der Waals surface area contributed by atoms with E-state index in [1.54, 1.807) is 6.20 Å². The van der Waals surface area contributed by atoms with Crippen LogP contribution in [0.3, 0.4) is 0 Å². The average molecular weight is 294 g/mol. The monoisotopic (exact) mass is 294 g/mol. The molecular weight excluding hydrogens is 276 g/mol. The van der Waals surface area contributed by atoms with E-state index in [-0.39, 0.29) is 11.9 Å². The predicted molar refractivity (Wildman–Crippen MR) is 84.6 cm³/mol. The Balaban J connectivity index is 1.57. The molecule has 0 bridgehead atoms. The molecule has 1 aliphatic rings. The van der Waals surface area contributed by atoms with Crippen molar-refractivity contribution in [3.05, 3.63) is 54.5 Å². The van der Waals surface area contributed by atoms with Crippen LogP contribution in [0, 0.1) is 0 Å². The van der Waals surface area contributed by atoms with Gasteiger partial charge in [-0.25, -0.2) is 0 Å². The number of H-pyrrole nitrogens is 1. The largest absolute Gasteiger partial charge is 0.361 e. The van der Waals surface area contributed by atoms with Gasteiger partial charge in [-0.3, -0.25) is 9.48 Å². The third-order valence-corrected chi connectivity index (χ3v) is 4.40. The first-order valence-electron chi connectivity index (χ1n) is 7.67. The fourth-order valence-electron chi connectivity index (χ4n) is 3.26. The van der Waals surface area contributed by atoms with Crippen molar-refractivity contribution in [1.29, 1.82) is 0 Å². The third-order valence-electron chi connectivity index (χ3n) is 4.40. The highest BCUT2D eigenvalue weighted by atomic mass is 16.2. The molecule has 1 saturated heterocycles. The number of carbonyl (C=O) groups excluding carboxylic acids is 1. The molecule has 1 atom stereocenters. The normalized spacial score (nSPS) is 18.2. The summed E-state index contributed by atoms with van der Waals surface area (Å²) in [5, 5.41) is 5.38. The van der Waals surface area contributed by atoms with Crippen LogP contribution in [-0.4, -0.2) is 38.2 Å². The second-order valence-corrected chi connectivity index (χ2v) is 5.80. The molecule has 1 N–H and O–H groups in total. The Morgan fingerprint density at radius 1 is 1.36 bits per heavy atom. The summed E-state index contributed by atoms with van der Waals surface area (Å²) >= 11 is 0. The Morgan fingerprint density at radius 3 is 3.18 bits per heavy atom. The van der Waals surface area contributed by atoms with Gasteiger partial charge in [-0.05, 0) is 42.5 Å². The molecule has 22 heavy (non-hydrogen) atoms. The average Bonchev–Trinajstić information content (AvgIpc) is 3.27. The molecule has 1 aliphatic heterocycles. The van der Waals surface area contributed by atoms with Crippen LogP contribution in [0.1, 0.15) is 23.2 Å². The van der Waals surface area contributed by atoms with E-state index in [0.717, 1.165) is 42.4 Å². The lowest BCUT2D eigenvalue weighted by molar-refractivity contribution is 0.0722. The molecular formula is C17H18N4O. The number of rotatable bonds is 3. The van der Waals surface area contributed by atoms with Gasteiger partial charge in [0.25, 0.3) is 5.91 Å². The lowest BCUT2D eigenvalue weighted by atomic mass is 10.1. The number of fused-ring (bicyclic) bond motifs is 1. The Bertz CT molecular complexity index is 790. The highest BCUT2D eigenvalue weighted by Gasteiger charge is 2.29. The summed E-state index contributed by atoms with van der Waals surface area (Å²) in [6, 6.07) is 10.0. The first-order chi connectivity index (χ1) is 10.8. The van der Waals surface area contributed by atoms with Gasteiger partial charge in [0.15, 0.2) is 0 Å². The summed E-state index contributed by atoms with van der Waals surface area (Å²) in [4.78, 5) is 18.0. The lowest BCUT2D eigenvalue weighted by Gasteiger charge is -2.24. The summed E-state index contributed by atoms with van der Waals surface area (Å²) in [6.07, 6.45) is 7.72. The van der Waals surface area contributed by atoms with Gasteiger partial charge >= 0.3 is 0 Å². The summed E-state index contributed by atoms with van der Waals surface area (Å²) in [5.74, 6) is 0.117. The number of hydrogen-bond acceptors (Lipinski definition) is 2. The van der Waals surface area contributed by atoms with Crippen molar-refractivity contribution in [2.24, 2.45) is 0 Å². The van der Waals surface area contributed by atoms with Crippen molar-refractivity contribution in [1.82, 2.24) is 19.7 Å². The second-order valence-electron chi connectivity index (χ2n) is 5.80. The molecule has 0 aliphatic carbocycles. The van der Waals surface area contributed by atoms with E-state index in [1.165, 1.54) is 0 Å². The quantitative estimate of drug-likeness (QED) is 0.807. The number of nitrogens with zero attached hydrogens (tertiary/aromatic N) is 3. The highest BCUT2D eigenvalue weighted by Crippen LogP contribution is 2.23. The van der Waals surface area contributed by atoms with Crippen molar-refractivity contribution in [2.45, 2.75) is 25.4 Å². The summed E-state index contributed by atoms with van der Waals surface area (Å²) < 4.78 is 1.91. The SMILES string of the molecule is O=C(c1ccc2cc[nH]c2c1)N1CCC[C@@H]1Cn1cccn1. The molecule has 1 aromatic carbocycles. The maximum Gasteiger partial charge on any atom is 0.254 e. The Kier molecular flexibility index (Phi) is 3.18. The Hall–Kier alpha value is -2.56. The molecule has 3 heterocycles. The van der Waals surface area contributed by atoms with E-state index >= 15 is 0 Å². The van der Waals surface area contributed by atoms with Gasteiger partial charge in [-0.1, -0.05) is 6.07 Å². The third kappa shape index (κ3) is 2.28. The molecule has 3 aromatic rings. The van der Waals surface area contributed by atoms with Crippen LogP contribution in [0.2, 0.25) is 0 Å². The molecule has 1 amide bonds. The second kappa shape index (κ2) is 5.33. The standard InChI is InChI=1S/C17H18N4O/c22-17(14-5-4-13-6-8-18-16(13)11-14)21-10-1-3-15(21)12-20-9-2-7-19-20/h2,4-9,11,15,18H,1,3,10,12H2/t15-/m1/s1. The smallest absolute Gasteiger partial charge is 0.254 e. The van der Waals surface area contributed by atoms with Crippen molar-refractivity contribution >= 4 is 16.8 Å². The number of aromatic amines is 1. The molecule has 0 unspecified atom stereocenters. The molecule has 5 nitrogen and oxygen atoms in total. The van der Waals surface area contributed by atoms with E-state index in [9.17, 15) is 4.79 Å². The zero-order valence-corrected chi connectivity index (χ0v) is 12.3. The maximum atomic E-state index is 12.8. The summed E-state index contributed by atoms with van der Waals surface area (Å²) in [7, 11) is 0. The number of carbonyl (C=O) groups is 1. The fraction of sp³-hybridized carbons (Fsp3) is 0.294. The van der Waals surface area contributed by atoms with Crippen LogP contribution >= 0.6 is 0 Å². The minimum absolute atomic E-state index is 0.117. The van der Waals surface area contributed by atoms with Gasteiger partial charge in [-0.2, -0.15) is 5.10 Å². The first-order valence-corrected chi connectivity index (χ1v) is 7.67. The molecule has 4 rings (SSSR count). The van der Waals surface area contributed by atoms with Gasteiger partial charge in [0.05, 0.1) is 12.6 Å². The first kappa shape index (κ1) is 13.1. The summed E-state index contributed by atoms with van der Waals surface area (Å²) in [6.45, 7) is 1.59. The molecule has 0 radical (unpaired) electrons. The number of benzene rings is 1. The Morgan fingerprint density at radius 2 is 2.32 bits per heavy atom. The zero-order valence-electron chi connectivity index (χ0n) is 12.3. The number of hydrogen-bond donors (Lipinski definition) is 1. The van der Waals surface area contributed by atoms with Crippen LogP contribution in [0.5, 0.6) is 0 Å². The molecule has 0 saturated carbocycles. The van der Waals surface area contributed by atoms with E-state index in [1.807, 2.05) is 52.3 Å². The molecule has 1 fully saturated rings. The van der Waals surface area contributed by atoms with Gasteiger partial charge < -0.3 is 9.88 Å². The van der Waals surface area contributed by atoms with E-state index < -0.39 is 0 Å². The number of nitrogens with one attached hydrogen (secondary N) is 1. The van der Waals surface area contributed by atoms with Crippen LogP contribution in [0.4, 0.5) is 0 Å². The minimum Gasteiger partial charge on any atom is -0.361 e. The van der Waals surface area contributed by atoms with E-state index in [2.05, 4.69) is 10.1 Å². The molecule has 2 aromatic heterocycles. The highest BCUT2D eigenvalue weighted by molar-refractivity contribution is 5.98. The van der Waals surface area contributed by atoms with Gasteiger partial charge in [0.2, 0.25) is 0 Å². The number of likely N-dealkylation sites (tertiary alicyclic amines) is 1. The molecule has 5 heteroatoms. The van der Waals surface area contributed by atoms with Crippen molar-refractivity contribution in [3.63, 3.8) is 0 Å². The predicted octanol–water partition coefficient (Wildman–Crippen LogP) is 2.67. The molecule has 112 valence electrons. The van der Waals surface area contributed by atoms with Gasteiger partial charge in [0.1, 0.15) is 0 Å². The topological polar surface area (TPSA) is 53.9 Å². The Labute approximate surface area is 128 Å². The van der Waals surface area contributed by atoms with Crippen LogP contribution in [0.25, 0.3) is 10.9 Å². The number of aromatic nitrogens is 3. The van der Waals surface area contributed by atoms with Crippen LogP contribution in [-0.2, 0) is 6.54 Å². The summed E-state index contributed by atoms with van der Waals surface area (Å²) in [5.41, 5.74) is 1.76. The fourth-order valence-corrected chi connectivity index (χ4v) is 3.26. The van der Waals surface area contributed by atoms with Crippen molar-refractivity contribution < 1.29 is 4.79 Å². The maximum absolute atomic E-state index is 12.8. The van der Waals surface area contributed by atoms with Crippen molar-refractivity contribution in [2.75, 3.05) is 6.54 Å². The van der Waals surface area contributed by atoms with Gasteiger partial charge in [0, 0.05) is 36.2 Å². The molecule has 0 spiro atoms. The minimum atomic E-state index is 0.117. The number of amides is 1. The van der Waals surface area contributed by atoms with Crippen molar-refractivity contribution in [3.8, 4) is 0 Å². The van der Waals surface area contributed by atoms with E-state index in [0.29, 0.717) is 0 Å². The lowest BCUT2D eigenvalue weighted by Crippen LogP contribution is -2.38. The van der Waals surface area contributed by atoms with E-state index in [4.69, 9.17) is 0 Å². The van der Waals surface area contributed by atoms with Crippen LogP contribution < -0.4 is 0 Å².